The first-order chi connectivity index (χ1) is 7.34. The summed E-state index contributed by atoms with van der Waals surface area (Å²) < 4.78 is 41.1. The molecule has 1 aromatic rings. The van der Waals surface area contributed by atoms with E-state index in [4.69, 9.17) is 5.11 Å². The maximum Gasteiger partial charge on any atom is 0.419 e. The van der Waals surface area contributed by atoms with Crippen LogP contribution in [0.3, 0.4) is 0 Å². The Balaban J connectivity index is 2.96. The van der Waals surface area contributed by atoms with E-state index in [2.05, 4.69) is 4.74 Å². The van der Waals surface area contributed by atoms with Crippen LogP contribution in [0.1, 0.15) is 11.1 Å². The lowest BCUT2D eigenvalue weighted by Crippen LogP contribution is -2.07. The number of hydrogen-bond acceptors (Lipinski definition) is 3. The van der Waals surface area contributed by atoms with Gasteiger partial charge in [-0.1, -0.05) is 6.07 Å². The lowest BCUT2D eigenvalue weighted by Gasteiger charge is -2.09. The maximum absolute atomic E-state index is 12.3. The molecule has 0 saturated carbocycles. The molecule has 0 fully saturated rings. The van der Waals surface area contributed by atoms with E-state index in [0.717, 1.165) is 18.2 Å². The monoisotopic (exact) mass is 234 g/mol. The minimum atomic E-state index is -4.60. The highest BCUT2D eigenvalue weighted by Crippen LogP contribution is 2.35. The molecule has 0 aliphatic carbocycles. The molecule has 0 unspecified atom stereocenters. The molecule has 16 heavy (non-hydrogen) atoms. The van der Waals surface area contributed by atoms with Crippen molar-refractivity contribution in [3.05, 3.63) is 29.3 Å². The Hall–Kier alpha value is -1.72. The second-order valence-corrected chi connectivity index (χ2v) is 3.10. The van der Waals surface area contributed by atoms with Crippen LogP contribution >= 0.6 is 0 Å². The summed E-state index contributed by atoms with van der Waals surface area (Å²) in [4.78, 5) is 10.8. The number of aromatic hydroxyl groups is 1. The zero-order valence-corrected chi connectivity index (χ0v) is 8.34. The van der Waals surface area contributed by atoms with E-state index in [1.807, 2.05) is 0 Å². The quantitative estimate of drug-likeness (QED) is 0.797. The molecule has 0 aromatic heterocycles. The normalized spacial score (nSPS) is 11.2. The highest BCUT2D eigenvalue weighted by molar-refractivity contribution is 5.72. The van der Waals surface area contributed by atoms with Crippen molar-refractivity contribution in [3.8, 4) is 5.75 Å². The van der Waals surface area contributed by atoms with Crippen LogP contribution in [0.15, 0.2) is 18.2 Å². The standard InChI is InChI=1S/C10H9F3O3/c1-16-9(15)5-6-2-3-7(8(14)4-6)10(11,12)13/h2-4,14H,5H2,1H3. The molecular weight excluding hydrogens is 225 g/mol. The molecule has 6 heteroatoms. The Morgan fingerprint density at radius 2 is 2.06 bits per heavy atom. The van der Waals surface area contributed by atoms with E-state index in [1.165, 1.54) is 7.11 Å². The molecule has 3 nitrogen and oxygen atoms in total. The minimum Gasteiger partial charge on any atom is -0.507 e. The molecule has 0 saturated heterocycles. The number of esters is 1. The van der Waals surface area contributed by atoms with Crippen LogP contribution in [0.5, 0.6) is 5.75 Å². The number of alkyl halides is 3. The van der Waals surface area contributed by atoms with Gasteiger partial charge in [-0.3, -0.25) is 4.79 Å². The highest BCUT2D eigenvalue weighted by Gasteiger charge is 2.33. The van der Waals surface area contributed by atoms with Gasteiger partial charge in [-0.05, 0) is 17.7 Å². The third-order valence-electron chi connectivity index (χ3n) is 1.94. The molecule has 88 valence electrons. The highest BCUT2D eigenvalue weighted by atomic mass is 19.4. The number of phenols is 1. The fourth-order valence-electron chi connectivity index (χ4n) is 1.17. The van der Waals surface area contributed by atoms with Crippen LogP contribution in [-0.4, -0.2) is 18.2 Å². The SMILES string of the molecule is COC(=O)Cc1ccc(C(F)(F)F)c(O)c1. The van der Waals surface area contributed by atoms with Crippen molar-refractivity contribution in [1.82, 2.24) is 0 Å². The zero-order valence-electron chi connectivity index (χ0n) is 8.34. The van der Waals surface area contributed by atoms with Gasteiger partial charge in [0.05, 0.1) is 19.1 Å². The average Bonchev–Trinajstić information content (AvgIpc) is 2.15. The number of carbonyl (C=O) groups excluding carboxylic acids is 1. The van der Waals surface area contributed by atoms with Crippen molar-refractivity contribution in [2.24, 2.45) is 0 Å². The molecule has 0 spiro atoms. The van der Waals surface area contributed by atoms with Crippen LogP contribution in [0.25, 0.3) is 0 Å². The summed E-state index contributed by atoms with van der Waals surface area (Å²) in [6, 6.07) is 2.76. The molecule has 0 aliphatic rings. The second-order valence-electron chi connectivity index (χ2n) is 3.10. The van der Waals surface area contributed by atoms with Crippen LogP contribution < -0.4 is 0 Å². The fraction of sp³-hybridized carbons (Fsp3) is 0.300. The summed E-state index contributed by atoms with van der Waals surface area (Å²) in [5.41, 5.74) is -0.863. The molecule has 0 aliphatic heterocycles. The molecule has 0 radical (unpaired) electrons. The van der Waals surface area contributed by atoms with Crippen molar-refractivity contribution >= 4 is 5.97 Å². The molecule has 1 aromatic carbocycles. The van der Waals surface area contributed by atoms with Gasteiger partial charge >= 0.3 is 12.1 Å². The maximum atomic E-state index is 12.3. The first-order valence-corrected chi connectivity index (χ1v) is 4.30. The van der Waals surface area contributed by atoms with E-state index in [0.29, 0.717) is 0 Å². The molecule has 1 rings (SSSR count). The molecule has 0 amide bonds. The first-order valence-electron chi connectivity index (χ1n) is 4.30. The Kier molecular flexibility index (Phi) is 3.41. The number of benzene rings is 1. The van der Waals surface area contributed by atoms with E-state index < -0.39 is 23.5 Å². The number of halogens is 3. The molecule has 0 atom stereocenters. The second kappa shape index (κ2) is 4.42. The Bertz CT molecular complexity index is 399. The summed E-state index contributed by atoms with van der Waals surface area (Å²) in [6.07, 6.45) is -4.78. The summed E-state index contributed by atoms with van der Waals surface area (Å²) in [6.45, 7) is 0. The zero-order chi connectivity index (χ0) is 12.3. The molecule has 1 N–H and O–H groups in total. The Morgan fingerprint density at radius 3 is 2.50 bits per heavy atom. The number of rotatable bonds is 2. The minimum absolute atomic E-state index is 0.178. The third-order valence-corrected chi connectivity index (χ3v) is 1.94. The lowest BCUT2D eigenvalue weighted by molar-refractivity contribution is -0.139. The van der Waals surface area contributed by atoms with Crippen LogP contribution in [-0.2, 0) is 22.1 Å². The summed E-state index contributed by atoms with van der Waals surface area (Å²) in [5, 5.41) is 9.14. The van der Waals surface area contributed by atoms with E-state index in [-0.39, 0.29) is 12.0 Å². The molecule has 0 bridgehead atoms. The predicted octanol–water partition coefficient (Wildman–Crippen LogP) is 2.13. The first kappa shape index (κ1) is 12.4. The van der Waals surface area contributed by atoms with Crippen molar-refractivity contribution in [2.45, 2.75) is 12.6 Å². The largest absolute Gasteiger partial charge is 0.507 e. The van der Waals surface area contributed by atoms with Gasteiger partial charge in [0.25, 0.3) is 0 Å². The average molecular weight is 234 g/mol. The number of methoxy groups -OCH3 is 1. The van der Waals surface area contributed by atoms with Gasteiger partial charge in [-0.25, -0.2) is 0 Å². The topological polar surface area (TPSA) is 46.5 Å². The fourth-order valence-corrected chi connectivity index (χ4v) is 1.17. The number of hydrogen-bond donors (Lipinski definition) is 1. The van der Waals surface area contributed by atoms with Crippen molar-refractivity contribution < 1.29 is 27.8 Å². The Morgan fingerprint density at radius 1 is 1.44 bits per heavy atom. The summed E-state index contributed by atoms with van der Waals surface area (Å²) in [7, 11) is 1.17. The number of phenolic OH excluding ortho intramolecular Hbond substituents is 1. The predicted molar refractivity (Wildman–Crippen MR) is 48.8 cm³/mol. The smallest absolute Gasteiger partial charge is 0.419 e. The van der Waals surface area contributed by atoms with Gasteiger partial charge in [-0.15, -0.1) is 0 Å². The summed E-state index contributed by atoms with van der Waals surface area (Å²) >= 11 is 0. The number of carbonyl (C=O) groups is 1. The van der Waals surface area contributed by atoms with Gasteiger partial charge in [0.1, 0.15) is 5.75 Å². The van der Waals surface area contributed by atoms with E-state index in [9.17, 15) is 18.0 Å². The van der Waals surface area contributed by atoms with Crippen LogP contribution in [0.4, 0.5) is 13.2 Å². The van der Waals surface area contributed by atoms with Crippen molar-refractivity contribution in [1.29, 1.82) is 0 Å². The van der Waals surface area contributed by atoms with Gasteiger partial charge in [0.2, 0.25) is 0 Å². The number of ether oxygens (including phenoxy) is 1. The Labute approximate surface area is 89.5 Å². The van der Waals surface area contributed by atoms with Gasteiger partial charge in [0, 0.05) is 0 Å². The van der Waals surface area contributed by atoms with Crippen molar-refractivity contribution in [2.75, 3.05) is 7.11 Å². The van der Waals surface area contributed by atoms with Gasteiger partial charge < -0.3 is 9.84 Å². The van der Waals surface area contributed by atoms with E-state index in [1.54, 1.807) is 0 Å². The lowest BCUT2D eigenvalue weighted by atomic mass is 10.1. The molecular formula is C10H9F3O3. The van der Waals surface area contributed by atoms with Gasteiger partial charge in [-0.2, -0.15) is 13.2 Å². The van der Waals surface area contributed by atoms with E-state index >= 15 is 0 Å². The molecule has 0 heterocycles. The third kappa shape index (κ3) is 2.88. The van der Waals surface area contributed by atoms with Gasteiger partial charge in [0.15, 0.2) is 0 Å². The van der Waals surface area contributed by atoms with Crippen LogP contribution in [0, 0.1) is 0 Å². The summed E-state index contributed by atoms with van der Waals surface area (Å²) in [5.74, 6) is -1.48. The van der Waals surface area contributed by atoms with Crippen LogP contribution in [0.2, 0.25) is 0 Å². The van der Waals surface area contributed by atoms with Crippen molar-refractivity contribution in [3.63, 3.8) is 0 Å².